The average Bonchev–Trinajstić information content (AvgIpc) is 3.29. The van der Waals surface area contributed by atoms with E-state index >= 15 is 0 Å². The number of amides is 1. The minimum absolute atomic E-state index is 0.397. The van der Waals surface area contributed by atoms with E-state index in [0.717, 1.165) is 34.3 Å². The number of anilines is 2. The van der Waals surface area contributed by atoms with Crippen molar-refractivity contribution < 1.29 is 19.2 Å². The molecule has 0 aliphatic carbocycles. The number of nitrogens with zero attached hydrogens (tertiary/aromatic N) is 4. The third-order valence-electron chi connectivity index (χ3n) is 7.34. The second kappa shape index (κ2) is 9.06. The number of hydrogen-bond donors (Lipinski definition) is 3. The van der Waals surface area contributed by atoms with Gasteiger partial charge in [-0.05, 0) is 69.9 Å². The molecule has 0 unspecified atom stereocenters. The molecule has 2 aliphatic heterocycles. The highest BCUT2D eigenvalue weighted by Crippen LogP contribution is 2.36. The number of aromatic amines is 1. The third-order valence-corrected chi connectivity index (χ3v) is 7.34. The zero-order valence-corrected chi connectivity index (χ0v) is 21.5. The Bertz CT molecular complexity index is 1270. The average molecular weight is 492 g/mol. The van der Waals surface area contributed by atoms with Crippen LogP contribution in [0.4, 0.5) is 16.6 Å². The number of benzene rings is 1. The zero-order chi connectivity index (χ0) is 25.7. The highest BCUT2D eigenvalue weighted by Gasteiger charge is 2.51. The summed E-state index contributed by atoms with van der Waals surface area (Å²) in [6.07, 6.45) is -0.852. The summed E-state index contributed by atoms with van der Waals surface area (Å²) in [6.45, 7) is 13.4. The summed E-state index contributed by atoms with van der Waals surface area (Å²) in [5, 5.41) is 12.5. The lowest BCUT2D eigenvalue weighted by Crippen LogP contribution is -2.47. The van der Waals surface area contributed by atoms with Crippen molar-refractivity contribution in [2.24, 2.45) is 0 Å². The van der Waals surface area contributed by atoms with Crippen molar-refractivity contribution in [2.75, 3.05) is 31.5 Å². The maximum atomic E-state index is 11.2. The topological polar surface area (TPSA) is 116 Å². The van der Waals surface area contributed by atoms with Gasteiger partial charge in [-0.25, -0.2) is 14.8 Å². The summed E-state index contributed by atoms with van der Waals surface area (Å²) >= 11 is 0. The van der Waals surface area contributed by atoms with Crippen LogP contribution in [0, 0.1) is 6.92 Å². The molecule has 5 rings (SSSR count). The first-order chi connectivity index (χ1) is 17.0. The van der Waals surface area contributed by atoms with E-state index in [9.17, 15) is 4.79 Å². The SMILES string of the molecule is Cc1cc(CN2CCN(C(=O)O)CC2)cc(Nc2nc3ccc(B4OC(C)(C)C(C)(C)O4)cc3[nH]2)n1. The lowest BCUT2D eigenvalue weighted by molar-refractivity contribution is 0.00578. The number of pyridine rings is 1. The second-order valence-corrected chi connectivity index (χ2v) is 10.6. The van der Waals surface area contributed by atoms with Gasteiger partial charge in [0.1, 0.15) is 5.82 Å². The van der Waals surface area contributed by atoms with Crippen molar-refractivity contribution in [1.29, 1.82) is 0 Å². The summed E-state index contributed by atoms with van der Waals surface area (Å²) in [5.41, 5.74) is 3.88. The number of H-pyrrole nitrogens is 1. The molecule has 2 fully saturated rings. The van der Waals surface area contributed by atoms with Gasteiger partial charge in [-0.15, -0.1) is 0 Å². The fraction of sp³-hybridized carbons (Fsp3) is 0.480. The summed E-state index contributed by atoms with van der Waals surface area (Å²) in [6, 6.07) is 10.0. The molecule has 36 heavy (non-hydrogen) atoms. The second-order valence-electron chi connectivity index (χ2n) is 10.6. The van der Waals surface area contributed by atoms with Crippen molar-refractivity contribution in [2.45, 2.75) is 52.4 Å². The lowest BCUT2D eigenvalue weighted by Gasteiger charge is -2.33. The van der Waals surface area contributed by atoms with Crippen molar-refractivity contribution in [3.05, 3.63) is 41.6 Å². The van der Waals surface area contributed by atoms with E-state index in [1.807, 2.05) is 58.9 Å². The summed E-state index contributed by atoms with van der Waals surface area (Å²) in [7, 11) is -0.433. The minimum Gasteiger partial charge on any atom is -0.465 e. The smallest absolute Gasteiger partial charge is 0.465 e. The molecule has 190 valence electrons. The molecule has 0 radical (unpaired) electrons. The van der Waals surface area contributed by atoms with Gasteiger partial charge in [0.05, 0.1) is 22.2 Å². The van der Waals surface area contributed by atoms with Gasteiger partial charge in [0.25, 0.3) is 0 Å². The Kier molecular flexibility index (Phi) is 6.18. The molecule has 11 heteroatoms. The lowest BCUT2D eigenvalue weighted by atomic mass is 9.79. The van der Waals surface area contributed by atoms with Gasteiger partial charge >= 0.3 is 13.2 Å². The predicted molar refractivity (Wildman–Crippen MR) is 139 cm³/mol. The molecule has 3 N–H and O–H groups in total. The number of nitrogens with one attached hydrogen (secondary N) is 2. The molecule has 0 spiro atoms. The van der Waals surface area contributed by atoms with Crippen LogP contribution in [0.3, 0.4) is 0 Å². The number of piperazine rings is 1. The first-order valence-corrected chi connectivity index (χ1v) is 12.3. The highest BCUT2D eigenvalue weighted by molar-refractivity contribution is 6.62. The molecule has 0 saturated carbocycles. The van der Waals surface area contributed by atoms with Crippen LogP contribution in [0.15, 0.2) is 30.3 Å². The Hall–Kier alpha value is -3.15. The van der Waals surface area contributed by atoms with E-state index in [0.29, 0.717) is 37.9 Å². The van der Waals surface area contributed by atoms with E-state index in [-0.39, 0.29) is 0 Å². The summed E-state index contributed by atoms with van der Waals surface area (Å²) < 4.78 is 12.4. The molecule has 4 heterocycles. The normalized spacial score (nSPS) is 19.7. The molecule has 0 atom stereocenters. The Morgan fingerprint density at radius 1 is 1.08 bits per heavy atom. The highest BCUT2D eigenvalue weighted by atomic mass is 16.7. The van der Waals surface area contributed by atoms with Crippen LogP contribution in [0.1, 0.15) is 39.0 Å². The molecular weight excluding hydrogens is 459 g/mol. The number of hydrogen-bond acceptors (Lipinski definition) is 7. The van der Waals surface area contributed by atoms with Crippen molar-refractivity contribution in [3.63, 3.8) is 0 Å². The molecule has 10 nitrogen and oxygen atoms in total. The molecular formula is C25H33BN6O4. The zero-order valence-electron chi connectivity index (χ0n) is 21.5. The number of carboxylic acid groups (broad SMARTS) is 1. The maximum absolute atomic E-state index is 11.2. The Morgan fingerprint density at radius 3 is 2.44 bits per heavy atom. The summed E-state index contributed by atoms with van der Waals surface area (Å²) in [5.74, 6) is 1.31. The largest absolute Gasteiger partial charge is 0.494 e. The van der Waals surface area contributed by atoms with E-state index in [2.05, 4.69) is 31.2 Å². The molecule has 2 saturated heterocycles. The number of imidazole rings is 1. The van der Waals surface area contributed by atoms with E-state index in [1.54, 1.807) is 0 Å². The monoisotopic (exact) mass is 492 g/mol. The van der Waals surface area contributed by atoms with Crippen molar-refractivity contribution >= 4 is 41.5 Å². The fourth-order valence-corrected chi connectivity index (χ4v) is 4.58. The first-order valence-electron chi connectivity index (χ1n) is 12.3. The van der Waals surface area contributed by atoms with Gasteiger partial charge in [0.15, 0.2) is 0 Å². The van der Waals surface area contributed by atoms with Gasteiger partial charge in [-0.1, -0.05) is 6.07 Å². The van der Waals surface area contributed by atoms with E-state index in [4.69, 9.17) is 14.4 Å². The molecule has 3 aromatic rings. The van der Waals surface area contributed by atoms with Crippen molar-refractivity contribution in [1.82, 2.24) is 24.8 Å². The Balaban J connectivity index is 1.29. The predicted octanol–water partition coefficient (Wildman–Crippen LogP) is 3.10. The van der Waals surface area contributed by atoms with Gasteiger partial charge in [-0.3, -0.25) is 4.90 Å². The van der Waals surface area contributed by atoms with Crippen LogP contribution in [0.25, 0.3) is 11.0 Å². The quantitative estimate of drug-likeness (QED) is 0.466. The van der Waals surface area contributed by atoms with Crippen LogP contribution in [0.2, 0.25) is 0 Å². The number of aryl methyl sites for hydroxylation is 1. The molecule has 1 amide bonds. The minimum atomic E-state index is -0.852. The van der Waals surface area contributed by atoms with Gasteiger partial charge in [0.2, 0.25) is 5.95 Å². The number of fused-ring (bicyclic) bond motifs is 1. The molecule has 2 aliphatic rings. The molecule has 1 aromatic carbocycles. The van der Waals surface area contributed by atoms with Gasteiger partial charge in [0, 0.05) is 38.4 Å². The van der Waals surface area contributed by atoms with E-state index < -0.39 is 24.4 Å². The Morgan fingerprint density at radius 2 is 1.78 bits per heavy atom. The third kappa shape index (κ3) is 4.91. The van der Waals surface area contributed by atoms with Gasteiger partial charge in [-0.2, -0.15) is 0 Å². The van der Waals surface area contributed by atoms with Crippen molar-refractivity contribution in [3.8, 4) is 0 Å². The summed E-state index contributed by atoms with van der Waals surface area (Å²) in [4.78, 5) is 27.5. The molecule has 2 aromatic heterocycles. The van der Waals surface area contributed by atoms with Crippen LogP contribution in [0.5, 0.6) is 0 Å². The van der Waals surface area contributed by atoms with E-state index in [1.165, 1.54) is 4.90 Å². The Labute approximate surface area is 211 Å². The number of rotatable bonds is 5. The van der Waals surface area contributed by atoms with Crippen LogP contribution in [-0.4, -0.2) is 80.5 Å². The fourth-order valence-electron chi connectivity index (χ4n) is 4.58. The molecule has 0 bridgehead atoms. The van der Waals surface area contributed by atoms with Gasteiger partial charge < -0.3 is 29.6 Å². The van der Waals surface area contributed by atoms with Crippen LogP contribution in [-0.2, 0) is 15.9 Å². The maximum Gasteiger partial charge on any atom is 0.494 e. The first kappa shape index (κ1) is 24.5. The number of aromatic nitrogens is 3. The van der Waals surface area contributed by atoms with Crippen LogP contribution >= 0.6 is 0 Å². The van der Waals surface area contributed by atoms with Crippen LogP contribution < -0.4 is 10.8 Å². The standard InChI is InChI=1S/C25H33BN6O4/c1-16-12-17(15-31-8-10-32(11-9-31)23(33)34)13-21(27-16)30-22-28-19-7-6-18(14-20(19)29-22)26-35-24(2,3)25(4,5)36-26/h6-7,12-14H,8-11,15H2,1-5H3,(H,33,34)(H2,27,28,29,30). The number of carbonyl (C=O) groups is 1.